The molecular weight excluding hydrogens is 780 g/mol. The van der Waals surface area contributed by atoms with E-state index in [1.165, 1.54) is 68.7 Å². The molecule has 17 heteroatoms. The maximum atomic E-state index is 15.4. The Morgan fingerprint density at radius 3 is 2.20 bits per heavy atom. The van der Waals surface area contributed by atoms with Crippen molar-refractivity contribution in [3.8, 4) is 32.3 Å². The number of thiophene rings is 1. The zero-order chi connectivity index (χ0) is 42.0. The third-order valence-electron chi connectivity index (χ3n) is 9.93. The lowest BCUT2D eigenvalue weighted by Gasteiger charge is -2.20. The van der Waals surface area contributed by atoms with Gasteiger partial charge in [-0.15, -0.1) is 11.3 Å². The zero-order valence-electron chi connectivity index (χ0n) is 35.1. The van der Waals surface area contributed by atoms with Gasteiger partial charge in [-0.3, -0.25) is 14.6 Å². The Labute approximate surface area is 350 Å². The van der Waals surface area contributed by atoms with E-state index in [0.717, 1.165) is 77.9 Å². The molecule has 7 rings (SSSR count). The fourth-order valence-corrected chi connectivity index (χ4v) is 8.34. The van der Waals surface area contributed by atoms with Gasteiger partial charge < -0.3 is 35.1 Å². The molecule has 2 aliphatic carbocycles. The minimum absolute atomic E-state index is 0. The third kappa shape index (κ3) is 13.6. The van der Waals surface area contributed by atoms with E-state index in [1.807, 2.05) is 24.5 Å². The molecule has 59 heavy (non-hydrogen) atoms. The number of fused-ring (bicyclic) bond motifs is 1. The number of H-pyrrole nitrogens is 2. The summed E-state index contributed by atoms with van der Waals surface area (Å²) < 4.78 is 24.0. The van der Waals surface area contributed by atoms with Gasteiger partial charge in [-0.25, -0.2) is 29.4 Å². The number of alkyl carbamates (subject to hydrolysis) is 1. The number of carbonyl (C=O) groups excluding carboxylic acids is 4. The van der Waals surface area contributed by atoms with Crippen molar-refractivity contribution in [1.29, 1.82) is 0 Å². The minimum Gasteiger partial charge on any atom is -0.453 e. The number of aromatic nitrogens is 4. The normalized spacial score (nSPS) is 14.2. The molecule has 1 aromatic carbocycles. The largest absolute Gasteiger partial charge is 0.453 e. The van der Waals surface area contributed by atoms with Crippen LogP contribution in [0, 0.1) is 5.82 Å². The predicted octanol–water partition coefficient (Wildman–Crippen LogP) is 7.55. The molecular formula is C42H61FN8O7S. The van der Waals surface area contributed by atoms with Gasteiger partial charge in [0.05, 0.1) is 49.2 Å². The van der Waals surface area contributed by atoms with Crippen LogP contribution in [0.3, 0.4) is 0 Å². The number of hydrazine groups is 1. The third-order valence-corrected chi connectivity index (χ3v) is 11.3. The minimum atomic E-state index is -0.647. The van der Waals surface area contributed by atoms with Gasteiger partial charge in [0, 0.05) is 41.1 Å². The lowest BCUT2D eigenvalue weighted by Crippen LogP contribution is -2.45. The average Bonchev–Trinajstić information content (AvgIpc) is 4.09. The van der Waals surface area contributed by atoms with Crippen LogP contribution in [0.15, 0.2) is 36.9 Å². The number of carbonyl (C=O) groups is 4. The zero-order valence-corrected chi connectivity index (χ0v) is 35.9. The molecule has 3 aliphatic rings. The van der Waals surface area contributed by atoms with Crippen molar-refractivity contribution in [2.45, 2.75) is 110 Å². The number of nitrogens with one attached hydrogen (secondary N) is 4. The molecule has 1 aliphatic heterocycles. The highest BCUT2D eigenvalue weighted by Gasteiger charge is 2.26. The smallest absolute Gasteiger partial charge is 0.425 e. The van der Waals surface area contributed by atoms with Gasteiger partial charge in [0.15, 0.2) is 0 Å². The van der Waals surface area contributed by atoms with E-state index in [9.17, 15) is 19.2 Å². The number of hydrogen-bond donors (Lipinski definition) is 4. The summed E-state index contributed by atoms with van der Waals surface area (Å²) in [5.41, 5.74) is 8.38. The van der Waals surface area contributed by atoms with Crippen LogP contribution in [0.2, 0.25) is 0 Å². The van der Waals surface area contributed by atoms with Crippen molar-refractivity contribution in [3.63, 3.8) is 0 Å². The maximum absolute atomic E-state index is 15.4. The fraction of sp³-hybridized carbons (Fsp3) is 0.524. The van der Waals surface area contributed by atoms with Crippen molar-refractivity contribution in [2.24, 2.45) is 0 Å². The number of likely N-dealkylation sites (tertiary alicyclic amines) is 1. The van der Waals surface area contributed by atoms with Crippen molar-refractivity contribution in [2.75, 3.05) is 33.9 Å². The number of aromatic amines is 2. The number of ether oxygens (including phenoxy) is 2. The van der Waals surface area contributed by atoms with Crippen molar-refractivity contribution in [1.82, 2.24) is 40.6 Å². The molecule has 324 valence electrons. The molecule has 15 nitrogen and oxygen atoms in total. The number of benzene rings is 1. The SMILES string of the molecule is CCC.COC(=O)NCC(=O)N1CCCC1.COC(=O)NN(C=O)C(C)C.Fc1cc(-c2cnc(C3CCCCC3)[nH]2)ccc1-c1sc(-c2cnc[nH]2)c2c1CCC2.O. The van der Waals surface area contributed by atoms with E-state index in [2.05, 4.69) is 54.0 Å². The summed E-state index contributed by atoms with van der Waals surface area (Å²) in [7, 11) is 2.51. The molecule has 2 fully saturated rings. The molecule has 4 amide bonds. The predicted molar refractivity (Wildman–Crippen MR) is 227 cm³/mol. The second-order valence-electron chi connectivity index (χ2n) is 14.6. The first kappa shape index (κ1) is 48.1. The molecule has 0 atom stereocenters. The van der Waals surface area contributed by atoms with E-state index >= 15 is 4.39 Å². The van der Waals surface area contributed by atoms with E-state index < -0.39 is 12.2 Å². The summed E-state index contributed by atoms with van der Waals surface area (Å²) in [6.07, 6.45) is 17.6. The van der Waals surface area contributed by atoms with Gasteiger partial charge in [-0.2, -0.15) is 0 Å². The molecule has 4 heterocycles. The summed E-state index contributed by atoms with van der Waals surface area (Å²) in [5, 5.41) is 3.47. The highest BCUT2D eigenvalue weighted by molar-refractivity contribution is 7.19. The number of halogens is 1. The Hall–Kier alpha value is -5.29. The Morgan fingerprint density at radius 2 is 1.63 bits per heavy atom. The lowest BCUT2D eigenvalue weighted by molar-refractivity contribution is -0.129. The second-order valence-corrected chi connectivity index (χ2v) is 15.6. The van der Waals surface area contributed by atoms with E-state index in [0.29, 0.717) is 17.9 Å². The van der Waals surface area contributed by atoms with Gasteiger partial charge in [0.1, 0.15) is 18.2 Å². The van der Waals surface area contributed by atoms with Crippen LogP contribution in [0.4, 0.5) is 14.0 Å². The highest BCUT2D eigenvalue weighted by atomic mass is 32.1. The summed E-state index contributed by atoms with van der Waals surface area (Å²) >= 11 is 1.68. The molecule has 0 unspecified atom stereocenters. The Kier molecular flexibility index (Phi) is 20.0. The molecule has 4 aromatic rings. The summed E-state index contributed by atoms with van der Waals surface area (Å²) in [5.74, 6) is 1.36. The van der Waals surface area contributed by atoms with Gasteiger partial charge in [0.2, 0.25) is 12.3 Å². The summed E-state index contributed by atoms with van der Waals surface area (Å²) in [6, 6.07) is 5.54. The summed E-state index contributed by atoms with van der Waals surface area (Å²) in [6.45, 7) is 9.44. The molecule has 1 saturated heterocycles. The standard InChI is InChI=1S/C25H25FN4S.C8H14N2O3.C6H12N2O3.C3H8.H2O/c26-20-11-16(21-13-28-25(30-21)15-5-2-1-3-6-15)9-10-19(20)23-17-7-4-8-18(17)24(31-23)22-12-27-14-29-22;1-13-8(12)9-6-7(11)10-4-2-3-5-10;1-5(2)8(4-9)7-6(10)11-3;1-3-2;/h9-15H,1-8H2,(H,27,29)(H,28,30);2-6H2,1H3,(H,9,12);4-5H,1-3H3,(H,7,10);3H2,1-2H3;1H2. The number of amides is 4. The van der Waals surface area contributed by atoms with Crippen molar-refractivity contribution in [3.05, 3.63) is 59.7 Å². The lowest BCUT2D eigenvalue weighted by atomic mass is 9.89. The molecule has 0 spiro atoms. The van der Waals surface area contributed by atoms with Gasteiger partial charge >= 0.3 is 12.2 Å². The molecule has 0 radical (unpaired) electrons. The number of hydrogen-bond acceptors (Lipinski definition) is 9. The van der Waals surface area contributed by atoms with E-state index in [1.54, 1.807) is 42.5 Å². The van der Waals surface area contributed by atoms with Crippen LogP contribution in [0.5, 0.6) is 0 Å². The highest BCUT2D eigenvalue weighted by Crippen LogP contribution is 2.46. The Bertz CT molecular complexity index is 1900. The topological polar surface area (TPSA) is 206 Å². The van der Waals surface area contributed by atoms with Crippen molar-refractivity contribution >= 4 is 35.8 Å². The first-order valence-electron chi connectivity index (χ1n) is 20.2. The Balaban J connectivity index is 0.000000276. The molecule has 3 aromatic heterocycles. The van der Waals surface area contributed by atoms with Crippen LogP contribution < -0.4 is 10.7 Å². The van der Waals surface area contributed by atoms with Crippen LogP contribution in [0.25, 0.3) is 32.3 Å². The van der Waals surface area contributed by atoms with Crippen LogP contribution >= 0.6 is 11.3 Å². The van der Waals surface area contributed by atoms with Crippen LogP contribution in [-0.4, -0.2) is 99.7 Å². The van der Waals surface area contributed by atoms with Gasteiger partial charge in [0.25, 0.3) is 0 Å². The first-order chi connectivity index (χ1) is 28.0. The Morgan fingerprint density at radius 1 is 0.966 bits per heavy atom. The number of nitrogens with zero attached hydrogens (tertiary/aromatic N) is 4. The van der Waals surface area contributed by atoms with Crippen molar-refractivity contribution < 1.29 is 38.5 Å². The van der Waals surface area contributed by atoms with Gasteiger partial charge in [-0.1, -0.05) is 45.6 Å². The number of imidazole rings is 2. The van der Waals surface area contributed by atoms with E-state index in [4.69, 9.17) is 0 Å². The monoisotopic (exact) mass is 840 g/mol. The second kappa shape index (κ2) is 24.6. The number of methoxy groups -OCH3 is 2. The fourth-order valence-electron chi connectivity index (χ4n) is 6.95. The van der Waals surface area contributed by atoms with Crippen LogP contribution in [0.1, 0.15) is 108 Å². The average molecular weight is 841 g/mol. The maximum Gasteiger partial charge on any atom is 0.425 e. The van der Waals surface area contributed by atoms with Crippen LogP contribution in [-0.2, 0) is 31.9 Å². The van der Waals surface area contributed by atoms with E-state index in [-0.39, 0.29) is 29.8 Å². The summed E-state index contributed by atoms with van der Waals surface area (Å²) in [4.78, 5) is 62.2. The van der Waals surface area contributed by atoms with Gasteiger partial charge in [-0.05, 0) is 82.1 Å². The molecule has 0 bridgehead atoms. The first-order valence-corrected chi connectivity index (χ1v) is 21.0. The quantitative estimate of drug-likeness (QED) is 0.0976. The molecule has 1 saturated carbocycles. The number of rotatable bonds is 9. The molecule has 6 N–H and O–H groups in total.